The van der Waals surface area contributed by atoms with Gasteiger partial charge in [0.05, 0.1) is 11.1 Å². The second kappa shape index (κ2) is 9.70. The van der Waals surface area contributed by atoms with Crippen molar-refractivity contribution < 1.29 is 13.2 Å². The van der Waals surface area contributed by atoms with E-state index in [1.54, 1.807) is 60.8 Å². The van der Waals surface area contributed by atoms with Gasteiger partial charge in [-0.1, -0.05) is 72.8 Å². The molecule has 0 unspecified atom stereocenters. The minimum Gasteiger partial charge on any atom is -0.323 e. The van der Waals surface area contributed by atoms with Crippen LogP contribution >= 0.6 is 0 Å². The summed E-state index contributed by atoms with van der Waals surface area (Å²) in [6, 6.07) is 28.3. The molecule has 0 spiro atoms. The molecule has 0 bridgehead atoms. The van der Waals surface area contributed by atoms with Crippen molar-refractivity contribution in [3.63, 3.8) is 0 Å². The molecule has 8 heteroatoms. The number of benzene rings is 4. The van der Waals surface area contributed by atoms with Gasteiger partial charge in [0, 0.05) is 16.8 Å². The molecule has 0 aromatic heterocycles. The Balaban J connectivity index is 1.58. The first-order valence-electron chi connectivity index (χ1n) is 10.3. The highest BCUT2D eigenvalue weighted by atomic mass is 32.2. The zero-order chi connectivity index (χ0) is 24.1. The molecule has 1 amide bonds. The highest BCUT2D eigenvalue weighted by Crippen LogP contribution is 2.28. The van der Waals surface area contributed by atoms with Gasteiger partial charge in [0.15, 0.2) is 0 Å². The van der Waals surface area contributed by atoms with Crippen molar-refractivity contribution in [1.29, 1.82) is 0 Å². The average molecular weight is 471 g/mol. The number of carbonyl (C=O) groups excluding carboxylic acids is 1. The quantitative estimate of drug-likeness (QED) is 0.221. The van der Waals surface area contributed by atoms with Gasteiger partial charge in [-0.05, 0) is 46.5 Å². The Morgan fingerprint density at radius 3 is 1.97 bits per heavy atom. The molecule has 34 heavy (non-hydrogen) atoms. The van der Waals surface area contributed by atoms with Gasteiger partial charge in [0.2, 0.25) is 10.0 Å². The van der Waals surface area contributed by atoms with Gasteiger partial charge in [-0.2, -0.15) is 5.10 Å². The number of hydrogen-bond donors (Lipinski definition) is 3. The fraction of sp³-hybridized carbons (Fsp3) is 0. The Labute approximate surface area is 197 Å². The highest BCUT2D eigenvalue weighted by Gasteiger charge is 2.15. The van der Waals surface area contributed by atoms with Gasteiger partial charge in [-0.25, -0.2) is 13.6 Å². The summed E-state index contributed by atoms with van der Waals surface area (Å²) in [7, 11) is -3.87. The van der Waals surface area contributed by atoms with E-state index >= 15 is 0 Å². The van der Waals surface area contributed by atoms with Crippen LogP contribution in [0.2, 0.25) is 0 Å². The van der Waals surface area contributed by atoms with E-state index in [9.17, 15) is 13.2 Å². The minimum atomic E-state index is -3.87. The van der Waals surface area contributed by atoms with Crippen LogP contribution in [0.15, 0.2) is 107 Å². The summed E-state index contributed by atoms with van der Waals surface area (Å²) in [6.07, 6.45) is 1.55. The standard InChI is InChI=1S/C26H22N4O3S/c27-29-17-18-9-11-19(12-10-18)22-5-1-2-7-24(22)26(31)30-21-15-13-20(14-16-21)23-6-3-4-8-25(23)34(28,32)33/h1-17H,27H2,(H,30,31)(H2,28,32,33). The number of nitrogens with zero attached hydrogens (tertiary/aromatic N) is 1. The summed E-state index contributed by atoms with van der Waals surface area (Å²) in [6.45, 7) is 0. The van der Waals surface area contributed by atoms with E-state index < -0.39 is 10.0 Å². The third-order valence-electron chi connectivity index (χ3n) is 5.26. The lowest BCUT2D eigenvalue weighted by atomic mass is 9.98. The molecule has 0 saturated carbocycles. The summed E-state index contributed by atoms with van der Waals surface area (Å²) in [4.78, 5) is 13.1. The summed E-state index contributed by atoms with van der Waals surface area (Å²) >= 11 is 0. The normalized spacial score (nSPS) is 11.4. The van der Waals surface area contributed by atoms with Gasteiger partial charge in [0.25, 0.3) is 5.91 Å². The first-order chi connectivity index (χ1) is 16.4. The predicted molar refractivity (Wildman–Crippen MR) is 135 cm³/mol. The van der Waals surface area contributed by atoms with Crippen molar-refractivity contribution in [2.75, 3.05) is 5.32 Å². The van der Waals surface area contributed by atoms with Crippen molar-refractivity contribution in [2.45, 2.75) is 4.90 Å². The van der Waals surface area contributed by atoms with Gasteiger partial charge >= 0.3 is 0 Å². The average Bonchev–Trinajstić information content (AvgIpc) is 2.85. The second-order valence-electron chi connectivity index (χ2n) is 7.52. The van der Waals surface area contributed by atoms with Crippen molar-refractivity contribution in [1.82, 2.24) is 0 Å². The van der Waals surface area contributed by atoms with Crippen molar-refractivity contribution in [2.24, 2.45) is 16.1 Å². The third kappa shape index (κ3) is 5.03. The lowest BCUT2D eigenvalue weighted by Gasteiger charge is -2.12. The van der Waals surface area contributed by atoms with E-state index in [1.807, 2.05) is 36.4 Å². The number of carbonyl (C=O) groups is 1. The summed E-state index contributed by atoms with van der Waals surface area (Å²) < 4.78 is 23.8. The van der Waals surface area contributed by atoms with Gasteiger partial charge in [-0.15, -0.1) is 0 Å². The van der Waals surface area contributed by atoms with E-state index in [4.69, 9.17) is 11.0 Å². The first-order valence-corrected chi connectivity index (χ1v) is 11.9. The van der Waals surface area contributed by atoms with Crippen molar-refractivity contribution >= 4 is 27.8 Å². The van der Waals surface area contributed by atoms with Crippen LogP contribution in [0.4, 0.5) is 5.69 Å². The molecule has 170 valence electrons. The number of rotatable bonds is 6. The lowest BCUT2D eigenvalue weighted by molar-refractivity contribution is 0.102. The van der Waals surface area contributed by atoms with E-state index in [2.05, 4.69) is 10.4 Å². The van der Waals surface area contributed by atoms with Gasteiger partial charge in [-0.3, -0.25) is 4.79 Å². The second-order valence-corrected chi connectivity index (χ2v) is 9.05. The molecule has 0 fully saturated rings. The van der Waals surface area contributed by atoms with Crippen LogP contribution in [0.25, 0.3) is 22.3 Å². The van der Waals surface area contributed by atoms with Crippen LogP contribution in [0.3, 0.4) is 0 Å². The van der Waals surface area contributed by atoms with Crippen LogP contribution < -0.4 is 16.3 Å². The maximum absolute atomic E-state index is 13.1. The Bertz CT molecular complexity index is 1460. The van der Waals surface area contributed by atoms with Gasteiger partial charge < -0.3 is 11.2 Å². The van der Waals surface area contributed by atoms with E-state index in [1.165, 1.54) is 6.07 Å². The SMILES string of the molecule is NN=Cc1ccc(-c2ccccc2C(=O)Nc2ccc(-c3ccccc3S(N)(=O)=O)cc2)cc1. The highest BCUT2D eigenvalue weighted by molar-refractivity contribution is 7.89. The summed E-state index contributed by atoms with van der Waals surface area (Å²) in [5.74, 6) is 4.94. The molecule has 7 nitrogen and oxygen atoms in total. The molecular formula is C26H22N4O3S. The van der Waals surface area contributed by atoms with Crippen LogP contribution in [0.1, 0.15) is 15.9 Å². The van der Waals surface area contributed by atoms with E-state index in [-0.39, 0.29) is 10.8 Å². The maximum atomic E-state index is 13.1. The Morgan fingerprint density at radius 1 is 0.765 bits per heavy atom. The molecule has 0 atom stereocenters. The third-order valence-corrected chi connectivity index (χ3v) is 6.23. The molecule has 0 aliphatic rings. The minimum absolute atomic E-state index is 0.0458. The monoisotopic (exact) mass is 470 g/mol. The summed E-state index contributed by atoms with van der Waals surface area (Å²) in [5, 5.41) is 11.8. The maximum Gasteiger partial charge on any atom is 0.256 e. The van der Waals surface area contributed by atoms with Crippen LogP contribution in [0.5, 0.6) is 0 Å². The number of anilines is 1. The molecule has 4 rings (SSSR count). The first kappa shape index (κ1) is 22.9. The smallest absolute Gasteiger partial charge is 0.256 e. The molecule has 5 N–H and O–H groups in total. The number of sulfonamides is 1. The predicted octanol–water partition coefficient (Wildman–Crippen LogP) is 4.21. The van der Waals surface area contributed by atoms with Gasteiger partial charge in [0.1, 0.15) is 0 Å². The van der Waals surface area contributed by atoms with Crippen LogP contribution in [-0.4, -0.2) is 20.5 Å². The van der Waals surface area contributed by atoms with Crippen molar-refractivity contribution in [3.8, 4) is 22.3 Å². The van der Waals surface area contributed by atoms with E-state index in [0.717, 1.165) is 16.7 Å². The molecule has 0 saturated heterocycles. The number of hydrogen-bond acceptors (Lipinski definition) is 5. The number of amides is 1. The van der Waals surface area contributed by atoms with E-state index in [0.29, 0.717) is 22.4 Å². The topological polar surface area (TPSA) is 128 Å². The molecule has 0 aliphatic carbocycles. The molecule has 4 aromatic carbocycles. The van der Waals surface area contributed by atoms with Crippen molar-refractivity contribution in [3.05, 3.63) is 108 Å². The van der Waals surface area contributed by atoms with Crippen LogP contribution in [0, 0.1) is 0 Å². The largest absolute Gasteiger partial charge is 0.323 e. The summed E-state index contributed by atoms with van der Waals surface area (Å²) in [5.41, 5.74) is 4.79. The molecule has 4 aromatic rings. The zero-order valence-electron chi connectivity index (χ0n) is 18.0. The number of hydrazone groups is 1. The van der Waals surface area contributed by atoms with Crippen LogP contribution in [-0.2, 0) is 10.0 Å². The fourth-order valence-corrected chi connectivity index (χ4v) is 4.41. The zero-order valence-corrected chi connectivity index (χ0v) is 18.9. The Morgan fingerprint density at radius 2 is 1.32 bits per heavy atom. The lowest BCUT2D eigenvalue weighted by Crippen LogP contribution is -2.13. The number of nitrogens with one attached hydrogen (secondary N) is 1. The Kier molecular flexibility index (Phi) is 6.53. The molecule has 0 radical (unpaired) electrons. The molecule has 0 aliphatic heterocycles. The number of nitrogens with two attached hydrogens (primary N) is 2. The Hall–Kier alpha value is -4.27. The molecule has 0 heterocycles. The molecular weight excluding hydrogens is 448 g/mol. The number of primary sulfonamides is 1. The fourth-order valence-electron chi connectivity index (χ4n) is 3.65.